The number of hydrogen-bond acceptors (Lipinski definition) is 4. The molecule has 1 atom stereocenters. The maximum Gasteiger partial charge on any atom is 0.240 e. The molecule has 0 aromatic heterocycles. The van der Waals surface area contributed by atoms with Crippen molar-refractivity contribution in [3.8, 4) is 5.75 Å². The number of carbonyl (C=O) groups excluding carboxylic acids is 1. The Morgan fingerprint density at radius 1 is 1.28 bits per heavy atom. The second-order valence-electron chi connectivity index (χ2n) is 9.04. The first-order valence-corrected chi connectivity index (χ1v) is 12.9. The van der Waals surface area contributed by atoms with Crippen LogP contribution >= 0.6 is 0 Å². The lowest BCUT2D eigenvalue weighted by molar-refractivity contribution is -0.121. The number of halogens is 1. The zero-order chi connectivity index (χ0) is 21.8. The minimum absolute atomic E-state index is 0.131. The summed E-state index contributed by atoms with van der Waals surface area (Å²) in [6, 6.07) is 3.41. The van der Waals surface area contributed by atoms with Crippen LogP contribution in [0, 0.1) is 18.7 Å². The lowest BCUT2D eigenvalue weighted by Crippen LogP contribution is -2.40. The molecule has 0 fully saturated rings. The van der Waals surface area contributed by atoms with Crippen molar-refractivity contribution >= 4 is 19.9 Å². The Morgan fingerprint density at radius 2 is 1.93 bits per heavy atom. The fraction of sp³-hybridized carbons (Fsp3) is 0.545. The number of nitrogens with one attached hydrogen (secondary N) is 1. The standard InChI is InChI=1S/C22H33FN2O3Si/c1-15-14-19(26)24-25-21(15)17-10-11-18(16(2)20(17)23)27-12-8-9-13-28-29(6,7)22(3,4)5/h8-11,15H,12-14H2,1-7H3,(H,24,26). The van der Waals surface area contributed by atoms with E-state index in [-0.39, 0.29) is 22.7 Å². The smallest absolute Gasteiger partial charge is 0.240 e. The zero-order valence-electron chi connectivity index (χ0n) is 18.6. The highest BCUT2D eigenvalue weighted by Crippen LogP contribution is 2.36. The zero-order valence-corrected chi connectivity index (χ0v) is 19.6. The monoisotopic (exact) mass is 420 g/mol. The summed E-state index contributed by atoms with van der Waals surface area (Å²) in [5, 5.41) is 4.22. The van der Waals surface area contributed by atoms with Crippen molar-refractivity contribution in [2.24, 2.45) is 11.0 Å². The molecule has 1 aromatic rings. The third kappa shape index (κ3) is 5.76. The van der Waals surface area contributed by atoms with E-state index in [9.17, 15) is 9.18 Å². The summed E-state index contributed by atoms with van der Waals surface area (Å²) in [5.74, 6) is -0.153. The van der Waals surface area contributed by atoms with Crippen LogP contribution in [-0.2, 0) is 9.22 Å². The summed E-state index contributed by atoms with van der Waals surface area (Å²) < 4.78 is 26.7. The molecule has 1 heterocycles. The van der Waals surface area contributed by atoms with Crippen LogP contribution in [0.15, 0.2) is 29.4 Å². The van der Waals surface area contributed by atoms with Gasteiger partial charge in [-0.2, -0.15) is 5.10 Å². The first-order chi connectivity index (χ1) is 13.4. The van der Waals surface area contributed by atoms with Gasteiger partial charge in [0.2, 0.25) is 5.91 Å². The van der Waals surface area contributed by atoms with Crippen molar-refractivity contribution in [1.29, 1.82) is 0 Å². The van der Waals surface area contributed by atoms with E-state index < -0.39 is 8.32 Å². The van der Waals surface area contributed by atoms with Crippen LogP contribution in [0.1, 0.15) is 45.2 Å². The fourth-order valence-electron chi connectivity index (χ4n) is 2.75. The van der Waals surface area contributed by atoms with Gasteiger partial charge in [0, 0.05) is 23.5 Å². The average molecular weight is 421 g/mol. The predicted molar refractivity (Wildman–Crippen MR) is 117 cm³/mol. The molecule has 0 aliphatic carbocycles. The van der Waals surface area contributed by atoms with Crippen molar-refractivity contribution in [3.05, 3.63) is 41.2 Å². The largest absolute Gasteiger partial charge is 0.489 e. The predicted octanol–water partition coefficient (Wildman–Crippen LogP) is 4.95. The quantitative estimate of drug-likeness (QED) is 0.501. The van der Waals surface area contributed by atoms with Crippen molar-refractivity contribution in [1.82, 2.24) is 5.43 Å². The Hall–Kier alpha value is -1.99. The molecular formula is C22H33FN2O3Si. The first kappa shape index (κ1) is 23.3. The molecule has 2 rings (SSSR count). The normalized spacial score (nSPS) is 18.0. The van der Waals surface area contributed by atoms with Crippen LogP contribution in [0.3, 0.4) is 0 Å². The number of hydrogen-bond donors (Lipinski definition) is 1. The molecule has 160 valence electrons. The second-order valence-corrected chi connectivity index (χ2v) is 13.9. The molecule has 1 unspecified atom stereocenters. The van der Waals surface area contributed by atoms with E-state index in [0.717, 1.165) is 0 Å². The van der Waals surface area contributed by atoms with Gasteiger partial charge in [-0.3, -0.25) is 4.79 Å². The summed E-state index contributed by atoms with van der Waals surface area (Å²) in [4.78, 5) is 11.4. The second kappa shape index (κ2) is 9.22. The number of ether oxygens (including phenoxy) is 1. The van der Waals surface area contributed by atoms with Gasteiger partial charge >= 0.3 is 0 Å². The van der Waals surface area contributed by atoms with Crippen molar-refractivity contribution < 1.29 is 18.3 Å². The third-order valence-corrected chi connectivity index (χ3v) is 10.2. The Bertz CT molecular complexity index is 813. The van der Waals surface area contributed by atoms with Crippen LogP contribution in [0.25, 0.3) is 0 Å². The lowest BCUT2D eigenvalue weighted by Gasteiger charge is -2.35. The van der Waals surface area contributed by atoms with Crippen LogP contribution in [0.4, 0.5) is 4.39 Å². The van der Waals surface area contributed by atoms with Gasteiger partial charge < -0.3 is 9.16 Å². The van der Waals surface area contributed by atoms with Crippen LogP contribution in [0.5, 0.6) is 5.75 Å². The van der Waals surface area contributed by atoms with E-state index in [4.69, 9.17) is 9.16 Å². The summed E-state index contributed by atoms with van der Waals surface area (Å²) in [5.41, 5.74) is 3.82. The topological polar surface area (TPSA) is 59.9 Å². The van der Waals surface area contributed by atoms with Crippen LogP contribution in [0.2, 0.25) is 18.1 Å². The summed E-state index contributed by atoms with van der Waals surface area (Å²) >= 11 is 0. The highest BCUT2D eigenvalue weighted by Gasteiger charge is 2.36. The van der Waals surface area contributed by atoms with E-state index in [1.807, 2.05) is 19.1 Å². The van der Waals surface area contributed by atoms with Crippen molar-refractivity contribution in [2.45, 2.75) is 59.2 Å². The van der Waals surface area contributed by atoms with Gasteiger partial charge in [0.15, 0.2) is 8.32 Å². The molecule has 1 aromatic carbocycles. The van der Waals surface area contributed by atoms with E-state index in [2.05, 4.69) is 44.4 Å². The van der Waals surface area contributed by atoms with Gasteiger partial charge in [-0.15, -0.1) is 0 Å². The fourth-order valence-corrected chi connectivity index (χ4v) is 3.69. The van der Waals surface area contributed by atoms with Gasteiger partial charge in [0.1, 0.15) is 18.2 Å². The molecule has 0 saturated carbocycles. The highest BCUT2D eigenvalue weighted by molar-refractivity contribution is 6.74. The minimum atomic E-state index is -1.76. The van der Waals surface area contributed by atoms with Crippen molar-refractivity contribution in [3.63, 3.8) is 0 Å². The van der Waals surface area contributed by atoms with Gasteiger partial charge in [-0.25, -0.2) is 9.82 Å². The van der Waals surface area contributed by atoms with Gasteiger partial charge in [0.05, 0.1) is 12.3 Å². The molecule has 1 amide bonds. The average Bonchev–Trinajstić information content (AvgIpc) is 2.61. The summed E-state index contributed by atoms with van der Waals surface area (Å²) in [7, 11) is -1.76. The van der Waals surface area contributed by atoms with Gasteiger partial charge in [-0.05, 0) is 43.3 Å². The minimum Gasteiger partial charge on any atom is -0.489 e. The number of amides is 1. The summed E-state index contributed by atoms with van der Waals surface area (Å²) in [6.07, 6.45) is 4.14. The summed E-state index contributed by atoms with van der Waals surface area (Å²) in [6.45, 7) is 15.5. The number of rotatable bonds is 7. The Labute approximate surface area is 174 Å². The number of carbonyl (C=O) groups is 1. The molecule has 1 aliphatic rings. The van der Waals surface area contributed by atoms with Crippen molar-refractivity contribution in [2.75, 3.05) is 13.2 Å². The molecule has 5 nitrogen and oxygen atoms in total. The van der Waals surface area contributed by atoms with Gasteiger partial charge in [-0.1, -0.05) is 33.8 Å². The third-order valence-electron chi connectivity index (χ3n) is 5.72. The Morgan fingerprint density at radius 3 is 2.55 bits per heavy atom. The molecule has 1 aliphatic heterocycles. The van der Waals surface area contributed by atoms with E-state index in [1.165, 1.54) is 0 Å². The Balaban J connectivity index is 1.96. The van der Waals surface area contributed by atoms with E-state index >= 15 is 0 Å². The molecule has 29 heavy (non-hydrogen) atoms. The molecule has 0 bridgehead atoms. The number of benzene rings is 1. The number of nitrogens with zero attached hydrogens (tertiary/aromatic N) is 1. The maximum atomic E-state index is 14.9. The molecule has 0 saturated heterocycles. The maximum absolute atomic E-state index is 14.9. The SMILES string of the molecule is Cc1c(OCC=CCO[Si](C)(C)C(C)(C)C)ccc(C2=NNC(=O)CC2C)c1F. The lowest BCUT2D eigenvalue weighted by atomic mass is 9.92. The van der Waals surface area contributed by atoms with E-state index in [0.29, 0.717) is 42.2 Å². The molecular weight excluding hydrogens is 387 g/mol. The number of hydrazone groups is 1. The highest BCUT2D eigenvalue weighted by atomic mass is 28.4. The van der Waals surface area contributed by atoms with E-state index in [1.54, 1.807) is 19.1 Å². The molecule has 7 heteroatoms. The molecule has 0 spiro atoms. The van der Waals surface area contributed by atoms with Crippen LogP contribution < -0.4 is 10.2 Å². The van der Waals surface area contributed by atoms with Gasteiger partial charge in [0.25, 0.3) is 0 Å². The Kier molecular flexibility index (Phi) is 7.40. The molecule has 0 radical (unpaired) electrons. The first-order valence-electron chi connectivity index (χ1n) is 10.0. The molecule has 1 N–H and O–H groups in total. The van der Waals surface area contributed by atoms with Crippen LogP contribution in [-0.4, -0.2) is 33.2 Å².